The van der Waals surface area contributed by atoms with Crippen LogP contribution in [-0.4, -0.2) is 11.8 Å². The molecular weight excluding hydrogens is 277 g/mol. The van der Waals surface area contributed by atoms with Crippen molar-refractivity contribution in [2.45, 2.75) is 11.8 Å². The second-order valence-corrected chi connectivity index (χ2v) is 4.70. The van der Waals surface area contributed by atoms with Gasteiger partial charge in [-0.25, -0.2) is 0 Å². The highest BCUT2D eigenvalue weighted by atomic mass is 19.4. The first-order valence-electron chi connectivity index (χ1n) is 6.36. The van der Waals surface area contributed by atoms with Crippen molar-refractivity contribution < 1.29 is 13.2 Å². The van der Waals surface area contributed by atoms with Crippen LogP contribution in [0, 0.1) is 0 Å². The fourth-order valence-corrected chi connectivity index (χ4v) is 2.14. The van der Waals surface area contributed by atoms with Crippen LogP contribution in [0.15, 0.2) is 70.9 Å². The highest BCUT2D eigenvalue weighted by molar-refractivity contribution is 5.88. The van der Waals surface area contributed by atoms with E-state index in [0.717, 1.165) is 0 Å². The van der Waals surface area contributed by atoms with Crippen LogP contribution in [-0.2, 0) is 0 Å². The molecule has 0 fully saturated rings. The van der Waals surface area contributed by atoms with Crippen molar-refractivity contribution in [3.05, 3.63) is 71.8 Å². The summed E-state index contributed by atoms with van der Waals surface area (Å²) in [5.74, 6) is 0. The topological polar surface area (TPSA) is 24.7 Å². The van der Waals surface area contributed by atoms with Crippen LogP contribution < -0.4 is 0 Å². The number of rotatable bonds is 3. The molecule has 0 spiro atoms. The minimum Gasteiger partial charge on any atom is -0.166 e. The average Bonchev–Trinajstić information content (AvgIpc) is 3.28. The number of hydrogen-bond acceptors (Lipinski definition) is 2. The second-order valence-electron chi connectivity index (χ2n) is 4.70. The molecule has 2 aromatic rings. The van der Waals surface area contributed by atoms with Crippen molar-refractivity contribution in [2.24, 2.45) is 10.2 Å². The fraction of sp³-hybridized carbons (Fsp3) is 0.125. The molecule has 0 saturated heterocycles. The van der Waals surface area contributed by atoms with Crippen molar-refractivity contribution in [3.8, 4) is 0 Å². The lowest BCUT2D eigenvalue weighted by atomic mass is 9.93. The van der Waals surface area contributed by atoms with E-state index in [1.807, 2.05) is 6.07 Å². The first kappa shape index (κ1) is 13.5. The monoisotopic (exact) mass is 288 g/mol. The second kappa shape index (κ2) is 4.84. The predicted octanol–water partition coefficient (Wildman–Crippen LogP) is 4.95. The number of nitrogens with zero attached hydrogens (tertiary/aromatic N) is 2. The molecule has 0 saturated carbocycles. The number of benzene rings is 2. The van der Waals surface area contributed by atoms with Crippen LogP contribution >= 0.6 is 0 Å². The summed E-state index contributed by atoms with van der Waals surface area (Å²) in [4.78, 5) is 0. The van der Waals surface area contributed by atoms with Crippen LogP contribution in [0.4, 0.5) is 13.2 Å². The summed E-state index contributed by atoms with van der Waals surface area (Å²) in [6, 6.07) is 17.3. The number of halogens is 3. The lowest BCUT2D eigenvalue weighted by Crippen LogP contribution is -2.33. The zero-order valence-electron chi connectivity index (χ0n) is 10.9. The molecule has 21 heavy (non-hydrogen) atoms. The van der Waals surface area contributed by atoms with E-state index in [1.54, 1.807) is 54.6 Å². The Hall–Kier alpha value is -2.43. The molecular formula is C16H11F3N2. The van der Waals surface area contributed by atoms with Crippen LogP contribution in [0.5, 0.6) is 0 Å². The standard InChI is InChI=1S/C16H11F3N2/c17-16(18,19)15(20-21-15)14(13-9-5-2-6-10-13)11-12-7-3-1-4-8-12/h1-11H. The Kier molecular flexibility index (Phi) is 3.12. The third-order valence-electron chi connectivity index (χ3n) is 3.27. The molecule has 1 aliphatic heterocycles. The SMILES string of the molecule is FC(F)(F)C1(C(=Cc2ccccc2)c2ccccc2)N=N1. The van der Waals surface area contributed by atoms with Crippen molar-refractivity contribution in [3.63, 3.8) is 0 Å². The van der Waals surface area contributed by atoms with Crippen molar-refractivity contribution >= 4 is 11.6 Å². The van der Waals surface area contributed by atoms with Crippen LogP contribution in [0.2, 0.25) is 0 Å². The van der Waals surface area contributed by atoms with E-state index in [2.05, 4.69) is 10.2 Å². The van der Waals surface area contributed by atoms with Gasteiger partial charge in [0.15, 0.2) is 0 Å². The van der Waals surface area contributed by atoms with Gasteiger partial charge in [-0.15, -0.1) is 10.2 Å². The minimum absolute atomic E-state index is 0.0433. The Bertz CT molecular complexity index is 682. The van der Waals surface area contributed by atoms with E-state index < -0.39 is 11.8 Å². The molecule has 5 heteroatoms. The maximum atomic E-state index is 13.3. The van der Waals surface area contributed by atoms with E-state index >= 15 is 0 Å². The normalized spacial score (nSPS) is 16.8. The first-order chi connectivity index (χ1) is 10.0. The molecule has 106 valence electrons. The van der Waals surface area contributed by atoms with Gasteiger partial charge >= 0.3 is 11.8 Å². The van der Waals surface area contributed by atoms with Gasteiger partial charge in [0.2, 0.25) is 0 Å². The third-order valence-corrected chi connectivity index (χ3v) is 3.27. The molecule has 0 unspecified atom stereocenters. The van der Waals surface area contributed by atoms with Gasteiger partial charge in [-0.05, 0) is 17.2 Å². The van der Waals surface area contributed by atoms with Gasteiger partial charge in [-0.2, -0.15) is 13.2 Å². The summed E-state index contributed by atoms with van der Waals surface area (Å²) >= 11 is 0. The maximum Gasteiger partial charge on any atom is 0.442 e. The predicted molar refractivity (Wildman–Crippen MR) is 74.4 cm³/mol. The van der Waals surface area contributed by atoms with Crippen LogP contribution in [0.25, 0.3) is 11.6 Å². The van der Waals surface area contributed by atoms with E-state index in [9.17, 15) is 13.2 Å². The van der Waals surface area contributed by atoms with Crippen LogP contribution in [0.3, 0.4) is 0 Å². The third kappa shape index (κ3) is 2.46. The molecule has 1 heterocycles. The Labute approximate surface area is 119 Å². The lowest BCUT2D eigenvalue weighted by Gasteiger charge is -2.18. The minimum atomic E-state index is -4.54. The molecule has 0 atom stereocenters. The molecule has 2 nitrogen and oxygen atoms in total. The molecule has 3 rings (SSSR count). The summed E-state index contributed by atoms with van der Waals surface area (Å²) in [6.07, 6.45) is -3.05. The molecule has 0 aromatic heterocycles. The zero-order valence-corrected chi connectivity index (χ0v) is 10.9. The van der Waals surface area contributed by atoms with Crippen LogP contribution in [0.1, 0.15) is 11.1 Å². The highest BCUT2D eigenvalue weighted by Crippen LogP contribution is 2.53. The van der Waals surface area contributed by atoms with Gasteiger partial charge in [0.25, 0.3) is 0 Å². The molecule has 0 aliphatic carbocycles. The highest BCUT2D eigenvalue weighted by Gasteiger charge is 2.66. The summed E-state index contributed by atoms with van der Waals surface area (Å²) in [5.41, 5.74) is -1.24. The smallest absolute Gasteiger partial charge is 0.166 e. The molecule has 0 radical (unpaired) electrons. The van der Waals surface area contributed by atoms with E-state index in [1.165, 1.54) is 6.08 Å². The molecule has 1 aliphatic rings. The summed E-state index contributed by atoms with van der Waals surface area (Å²) in [5, 5.41) is 6.62. The Morgan fingerprint density at radius 3 is 1.86 bits per heavy atom. The summed E-state index contributed by atoms with van der Waals surface area (Å²) in [7, 11) is 0. The first-order valence-corrected chi connectivity index (χ1v) is 6.36. The van der Waals surface area contributed by atoms with Gasteiger partial charge in [0, 0.05) is 5.57 Å². The molecule has 2 aromatic carbocycles. The van der Waals surface area contributed by atoms with E-state index in [-0.39, 0.29) is 5.57 Å². The number of hydrogen-bond donors (Lipinski definition) is 0. The Balaban J connectivity index is 2.12. The summed E-state index contributed by atoms with van der Waals surface area (Å²) in [6.45, 7) is 0. The van der Waals surface area contributed by atoms with Gasteiger partial charge in [0.05, 0.1) is 0 Å². The average molecular weight is 288 g/mol. The lowest BCUT2D eigenvalue weighted by molar-refractivity contribution is -0.148. The zero-order chi connectivity index (χ0) is 14.9. The van der Waals surface area contributed by atoms with Crippen molar-refractivity contribution in [2.75, 3.05) is 0 Å². The Morgan fingerprint density at radius 1 is 0.857 bits per heavy atom. The van der Waals surface area contributed by atoms with E-state index in [0.29, 0.717) is 11.1 Å². The quantitative estimate of drug-likeness (QED) is 0.714. The van der Waals surface area contributed by atoms with Crippen molar-refractivity contribution in [1.29, 1.82) is 0 Å². The molecule has 0 amide bonds. The van der Waals surface area contributed by atoms with Crippen molar-refractivity contribution in [1.82, 2.24) is 0 Å². The van der Waals surface area contributed by atoms with Gasteiger partial charge in [0.1, 0.15) is 0 Å². The number of alkyl halides is 3. The molecule has 0 N–H and O–H groups in total. The fourth-order valence-electron chi connectivity index (χ4n) is 2.14. The van der Waals surface area contributed by atoms with Gasteiger partial charge in [-0.1, -0.05) is 60.7 Å². The van der Waals surface area contributed by atoms with E-state index in [4.69, 9.17) is 0 Å². The van der Waals surface area contributed by atoms with Gasteiger partial charge in [-0.3, -0.25) is 0 Å². The summed E-state index contributed by atoms with van der Waals surface area (Å²) < 4.78 is 39.9. The largest absolute Gasteiger partial charge is 0.442 e. The maximum absolute atomic E-state index is 13.3. The Morgan fingerprint density at radius 2 is 1.38 bits per heavy atom. The van der Waals surface area contributed by atoms with Gasteiger partial charge < -0.3 is 0 Å². The molecule has 0 bridgehead atoms.